The molecule has 0 atom stereocenters. The van der Waals surface area contributed by atoms with Gasteiger partial charge in [-0.2, -0.15) is 0 Å². The van der Waals surface area contributed by atoms with Gasteiger partial charge in [-0.25, -0.2) is 13.1 Å². The highest BCUT2D eigenvalue weighted by Gasteiger charge is 2.19. The molecule has 0 aromatic carbocycles. The van der Waals surface area contributed by atoms with E-state index in [9.17, 15) is 13.2 Å². The smallest absolute Gasteiger partial charge is 0.266 e. The van der Waals surface area contributed by atoms with Crippen molar-refractivity contribution in [1.29, 1.82) is 0 Å². The molecule has 0 saturated carbocycles. The van der Waals surface area contributed by atoms with Crippen molar-refractivity contribution >= 4 is 15.9 Å². The van der Waals surface area contributed by atoms with Crippen LogP contribution in [0.4, 0.5) is 0 Å². The Hall–Kier alpha value is -1.44. The summed E-state index contributed by atoms with van der Waals surface area (Å²) >= 11 is 0. The predicted octanol–water partition coefficient (Wildman–Crippen LogP) is -0.797. The third-order valence-corrected chi connectivity index (χ3v) is 3.21. The molecular formula is C7H12N4O3S. The van der Waals surface area contributed by atoms with Gasteiger partial charge in [-0.15, -0.1) is 5.10 Å². The van der Waals surface area contributed by atoms with Crippen LogP contribution in [0.25, 0.3) is 0 Å². The van der Waals surface area contributed by atoms with Crippen molar-refractivity contribution in [2.75, 3.05) is 5.75 Å². The molecule has 84 valence electrons. The highest BCUT2D eigenvalue weighted by Crippen LogP contribution is 2.01. The van der Waals surface area contributed by atoms with Crippen LogP contribution in [0.1, 0.15) is 23.1 Å². The van der Waals surface area contributed by atoms with E-state index < -0.39 is 15.9 Å². The number of aryl methyl sites for hydroxylation is 1. The van der Waals surface area contributed by atoms with Crippen molar-refractivity contribution in [3.05, 3.63) is 11.4 Å². The molecule has 1 aromatic heterocycles. The third kappa shape index (κ3) is 2.52. The van der Waals surface area contributed by atoms with E-state index in [4.69, 9.17) is 0 Å². The number of hydrogen-bond donors (Lipinski definition) is 1. The first-order valence-electron chi connectivity index (χ1n) is 4.28. The first-order valence-corrected chi connectivity index (χ1v) is 5.93. The highest BCUT2D eigenvalue weighted by molar-refractivity contribution is 7.90. The summed E-state index contributed by atoms with van der Waals surface area (Å²) in [6.45, 7) is 3.08. The lowest BCUT2D eigenvalue weighted by Crippen LogP contribution is -2.32. The van der Waals surface area contributed by atoms with Gasteiger partial charge >= 0.3 is 0 Å². The quantitative estimate of drug-likeness (QED) is 0.736. The van der Waals surface area contributed by atoms with E-state index in [1.165, 1.54) is 11.6 Å². The van der Waals surface area contributed by atoms with Gasteiger partial charge in [0.05, 0.1) is 11.4 Å². The van der Waals surface area contributed by atoms with Gasteiger partial charge in [0.25, 0.3) is 5.91 Å². The number of nitrogens with one attached hydrogen (secondary N) is 1. The van der Waals surface area contributed by atoms with Crippen molar-refractivity contribution in [2.24, 2.45) is 7.05 Å². The Bertz CT molecular complexity index is 476. The van der Waals surface area contributed by atoms with Gasteiger partial charge in [-0.05, 0) is 13.8 Å². The average Bonchev–Trinajstić information content (AvgIpc) is 2.47. The second-order valence-corrected chi connectivity index (χ2v) is 4.99. The molecular weight excluding hydrogens is 220 g/mol. The summed E-state index contributed by atoms with van der Waals surface area (Å²) in [5.41, 5.74) is 0.535. The molecule has 1 aromatic rings. The standard InChI is InChI=1S/C7H12N4O3S/c1-4-15(13,14)9-7(12)6-5(2)11(3)10-8-6/h4H2,1-3H3,(H,9,12). The second kappa shape index (κ2) is 3.97. The van der Waals surface area contributed by atoms with Crippen molar-refractivity contribution in [3.63, 3.8) is 0 Å². The second-order valence-electron chi connectivity index (χ2n) is 2.98. The lowest BCUT2D eigenvalue weighted by Gasteiger charge is -2.02. The minimum atomic E-state index is -3.55. The van der Waals surface area contributed by atoms with Crippen LogP contribution in [0.3, 0.4) is 0 Å². The molecule has 1 heterocycles. The van der Waals surface area contributed by atoms with Crippen molar-refractivity contribution in [3.8, 4) is 0 Å². The van der Waals surface area contributed by atoms with Crippen molar-refractivity contribution in [2.45, 2.75) is 13.8 Å². The van der Waals surface area contributed by atoms with Gasteiger partial charge in [0.1, 0.15) is 0 Å². The van der Waals surface area contributed by atoms with Crippen LogP contribution in [0.15, 0.2) is 0 Å². The predicted molar refractivity (Wildman–Crippen MR) is 52.7 cm³/mol. The number of carbonyl (C=O) groups excluding carboxylic acids is 1. The molecule has 0 unspecified atom stereocenters. The zero-order valence-corrected chi connectivity index (χ0v) is 9.50. The maximum Gasteiger partial charge on any atom is 0.287 e. The molecule has 8 heteroatoms. The van der Waals surface area contributed by atoms with E-state index in [1.807, 2.05) is 4.72 Å². The van der Waals surface area contributed by atoms with Crippen LogP contribution in [0.2, 0.25) is 0 Å². The fraction of sp³-hybridized carbons (Fsp3) is 0.571. The summed E-state index contributed by atoms with van der Waals surface area (Å²) in [5, 5.41) is 7.17. The Morgan fingerprint density at radius 3 is 2.53 bits per heavy atom. The minimum Gasteiger partial charge on any atom is -0.266 e. The average molecular weight is 232 g/mol. The van der Waals surface area contributed by atoms with Gasteiger partial charge in [-0.3, -0.25) is 9.48 Å². The molecule has 1 N–H and O–H groups in total. The first-order chi connectivity index (χ1) is 6.87. The number of amides is 1. The molecule has 0 aliphatic heterocycles. The highest BCUT2D eigenvalue weighted by atomic mass is 32.2. The minimum absolute atomic E-state index is 0.0227. The molecule has 15 heavy (non-hydrogen) atoms. The molecule has 0 aliphatic rings. The molecule has 0 radical (unpaired) electrons. The largest absolute Gasteiger partial charge is 0.287 e. The van der Waals surface area contributed by atoms with Gasteiger partial charge in [0.2, 0.25) is 10.0 Å². The van der Waals surface area contributed by atoms with Crippen molar-refractivity contribution in [1.82, 2.24) is 19.7 Å². The normalized spacial score (nSPS) is 11.4. The summed E-state index contributed by atoms with van der Waals surface area (Å²) in [5.74, 6) is -0.902. The van der Waals surface area contributed by atoms with E-state index in [2.05, 4.69) is 10.3 Å². The summed E-state index contributed by atoms with van der Waals surface area (Å²) in [6, 6.07) is 0. The number of aromatic nitrogens is 3. The van der Waals surface area contributed by atoms with E-state index in [-0.39, 0.29) is 11.4 Å². The van der Waals surface area contributed by atoms with E-state index in [1.54, 1.807) is 14.0 Å². The zero-order valence-electron chi connectivity index (χ0n) is 8.68. The van der Waals surface area contributed by atoms with Gasteiger partial charge in [0.15, 0.2) is 5.69 Å². The molecule has 0 aliphatic carbocycles. The zero-order chi connectivity index (χ0) is 11.6. The Kier molecular flexibility index (Phi) is 3.08. The number of nitrogens with zero attached hydrogens (tertiary/aromatic N) is 3. The van der Waals surface area contributed by atoms with Crippen LogP contribution in [0, 0.1) is 6.92 Å². The molecule has 1 amide bonds. The number of carbonyl (C=O) groups is 1. The maximum atomic E-state index is 11.4. The van der Waals surface area contributed by atoms with Crippen molar-refractivity contribution < 1.29 is 13.2 Å². The molecule has 0 saturated heterocycles. The number of sulfonamides is 1. The van der Waals surface area contributed by atoms with E-state index in [0.717, 1.165) is 0 Å². The molecule has 0 bridgehead atoms. The monoisotopic (exact) mass is 232 g/mol. The lowest BCUT2D eigenvalue weighted by atomic mass is 10.3. The number of hydrogen-bond acceptors (Lipinski definition) is 5. The van der Waals surface area contributed by atoms with Gasteiger partial charge < -0.3 is 0 Å². The van der Waals surface area contributed by atoms with Crippen LogP contribution in [-0.4, -0.2) is 35.1 Å². The fourth-order valence-corrected chi connectivity index (χ4v) is 1.40. The Morgan fingerprint density at radius 2 is 2.13 bits per heavy atom. The van der Waals surface area contributed by atoms with Crippen LogP contribution in [-0.2, 0) is 17.1 Å². The van der Waals surface area contributed by atoms with Crippen LogP contribution >= 0.6 is 0 Å². The maximum absolute atomic E-state index is 11.4. The summed E-state index contributed by atoms with van der Waals surface area (Å²) in [6.07, 6.45) is 0. The summed E-state index contributed by atoms with van der Waals surface area (Å²) < 4.78 is 25.5. The van der Waals surface area contributed by atoms with Crippen LogP contribution in [0.5, 0.6) is 0 Å². The molecule has 0 fully saturated rings. The van der Waals surface area contributed by atoms with Gasteiger partial charge in [0, 0.05) is 7.05 Å². The number of rotatable bonds is 3. The third-order valence-electron chi connectivity index (χ3n) is 1.95. The summed E-state index contributed by atoms with van der Waals surface area (Å²) in [7, 11) is -1.93. The molecule has 7 nitrogen and oxygen atoms in total. The molecule has 0 spiro atoms. The Morgan fingerprint density at radius 1 is 1.53 bits per heavy atom. The SMILES string of the molecule is CCS(=O)(=O)NC(=O)c1nnn(C)c1C. The lowest BCUT2D eigenvalue weighted by molar-refractivity contribution is 0.0976. The summed E-state index contributed by atoms with van der Waals surface area (Å²) in [4.78, 5) is 11.4. The van der Waals surface area contributed by atoms with E-state index >= 15 is 0 Å². The van der Waals surface area contributed by atoms with Gasteiger partial charge in [-0.1, -0.05) is 5.21 Å². The molecule has 1 rings (SSSR count). The Balaban J connectivity index is 2.93. The van der Waals surface area contributed by atoms with Crippen LogP contribution < -0.4 is 4.72 Å². The first kappa shape index (κ1) is 11.6. The Labute approximate surface area is 87.5 Å². The topological polar surface area (TPSA) is 93.9 Å². The fourth-order valence-electron chi connectivity index (χ4n) is 0.876. The van der Waals surface area contributed by atoms with E-state index in [0.29, 0.717) is 5.69 Å².